The van der Waals surface area contributed by atoms with Gasteiger partial charge in [-0.05, 0) is 18.6 Å². The van der Waals surface area contributed by atoms with Gasteiger partial charge in [0.1, 0.15) is 23.1 Å². The summed E-state index contributed by atoms with van der Waals surface area (Å²) >= 11 is 0. The third-order valence-electron chi connectivity index (χ3n) is 4.23. The Bertz CT molecular complexity index is 852. The molecule has 0 aliphatic carbocycles. The first kappa shape index (κ1) is 16.7. The van der Waals surface area contributed by atoms with Gasteiger partial charge in [-0.1, -0.05) is 37.6 Å². The van der Waals surface area contributed by atoms with Crippen LogP contribution in [0.15, 0.2) is 53.9 Å². The van der Waals surface area contributed by atoms with Crippen molar-refractivity contribution < 1.29 is 9.47 Å². The second kappa shape index (κ2) is 7.18. The maximum atomic E-state index is 9.64. The molecule has 1 aliphatic heterocycles. The molecule has 1 aliphatic rings. The van der Waals surface area contributed by atoms with Gasteiger partial charge in [0, 0.05) is 22.9 Å². The molecule has 0 aromatic heterocycles. The Labute approximate surface area is 147 Å². The standard InChI is InChI=1S/C20H21N3O2/c1-2-3-10-24-17-7-5-4-6-14(17)19-15-9-8-13(22)11-18(15)25-20(23)16(19)12-21/h4-9,11,19H,2-3,10,22-23H2,1H3. The highest BCUT2D eigenvalue weighted by Crippen LogP contribution is 2.45. The van der Waals surface area contributed by atoms with Crippen molar-refractivity contribution in [2.75, 3.05) is 12.3 Å². The van der Waals surface area contributed by atoms with Crippen molar-refractivity contribution in [1.82, 2.24) is 0 Å². The van der Waals surface area contributed by atoms with Crippen LogP contribution in [0.5, 0.6) is 11.5 Å². The van der Waals surface area contributed by atoms with E-state index in [1.165, 1.54) is 0 Å². The van der Waals surface area contributed by atoms with Crippen molar-refractivity contribution in [2.45, 2.75) is 25.7 Å². The van der Waals surface area contributed by atoms with Gasteiger partial charge >= 0.3 is 0 Å². The average Bonchev–Trinajstić information content (AvgIpc) is 2.61. The Hall–Kier alpha value is -3.13. The normalized spacial score (nSPS) is 15.9. The third kappa shape index (κ3) is 3.24. The minimum absolute atomic E-state index is 0.106. The molecule has 0 saturated carbocycles. The van der Waals surface area contributed by atoms with E-state index in [0.717, 1.165) is 29.7 Å². The van der Waals surface area contributed by atoms with Gasteiger partial charge in [0.2, 0.25) is 5.88 Å². The van der Waals surface area contributed by atoms with Gasteiger partial charge in [-0.2, -0.15) is 5.26 Å². The van der Waals surface area contributed by atoms with Gasteiger partial charge in [0.25, 0.3) is 0 Å². The Morgan fingerprint density at radius 1 is 1.16 bits per heavy atom. The van der Waals surface area contributed by atoms with Crippen molar-refractivity contribution in [1.29, 1.82) is 5.26 Å². The van der Waals surface area contributed by atoms with E-state index in [2.05, 4.69) is 13.0 Å². The molecular weight excluding hydrogens is 314 g/mol. The van der Waals surface area contributed by atoms with E-state index < -0.39 is 0 Å². The lowest BCUT2D eigenvalue weighted by atomic mass is 9.83. The summed E-state index contributed by atoms with van der Waals surface area (Å²) in [4.78, 5) is 0. The number of hydrogen-bond acceptors (Lipinski definition) is 5. The topological polar surface area (TPSA) is 94.3 Å². The zero-order valence-corrected chi connectivity index (χ0v) is 14.2. The minimum atomic E-state index is -0.341. The monoisotopic (exact) mass is 335 g/mol. The highest BCUT2D eigenvalue weighted by molar-refractivity contribution is 5.61. The van der Waals surface area contributed by atoms with Crippen molar-refractivity contribution in [3.8, 4) is 17.6 Å². The molecule has 4 N–H and O–H groups in total. The zero-order valence-electron chi connectivity index (χ0n) is 14.2. The molecule has 0 amide bonds. The zero-order chi connectivity index (χ0) is 17.8. The lowest BCUT2D eigenvalue weighted by Gasteiger charge is -2.27. The number of nitrogens with two attached hydrogens (primary N) is 2. The number of fused-ring (bicyclic) bond motifs is 1. The molecule has 1 heterocycles. The summed E-state index contributed by atoms with van der Waals surface area (Å²) in [7, 11) is 0. The lowest BCUT2D eigenvalue weighted by molar-refractivity contribution is 0.305. The van der Waals surface area contributed by atoms with Crippen LogP contribution in [0, 0.1) is 11.3 Å². The second-order valence-corrected chi connectivity index (χ2v) is 5.96. The summed E-state index contributed by atoms with van der Waals surface area (Å²) in [5.41, 5.74) is 14.6. The van der Waals surface area contributed by atoms with E-state index >= 15 is 0 Å². The fourth-order valence-electron chi connectivity index (χ4n) is 2.97. The lowest BCUT2D eigenvalue weighted by Crippen LogP contribution is -2.21. The quantitative estimate of drug-likeness (QED) is 0.642. The smallest absolute Gasteiger partial charge is 0.205 e. The van der Waals surface area contributed by atoms with Crippen LogP contribution < -0.4 is 20.9 Å². The number of nitriles is 1. The Balaban J connectivity index is 2.11. The summed E-state index contributed by atoms with van der Waals surface area (Å²) in [5.74, 6) is 1.09. The maximum absolute atomic E-state index is 9.64. The number of nitrogen functional groups attached to an aromatic ring is 1. The van der Waals surface area contributed by atoms with Crippen LogP contribution in [0.3, 0.4) is 0 Å². The van der Waals surface area contributed by atoms with E-state index in [-0.39, 0.29) is 11.8 Å². The molecule has 0 bridgehead atoms. The summed E-state index contributed by atoms with van der Waals surface area (Å²) in [6, 6.07) is 15.3. The Morgan fingerprint density at radius 3 is 2.72 bits per heavy atom. The van der Waals surface area contributed by atoms with Crippen molar-refractivity contribution in [3.63, 3.8) is 0 Å². The first-order valence-corrected chi connectivity index (χ1v) is 8.34. The van der Waals surface area contributed by atoms with E-state index in [9.17, 15) is 5.26 Å². The van der Waals surface area contributed by atoms with Crippen LogP contribution in [0.2, 0.25) is 0 Å². The van der Waals surface area contributed by atoms with Crippen LogP contribution in [0.4, 0.5) is 5.69 Å². The Kier molecular flexibility index (Phi) is 4.80. The number of nitrogens with zero attached hydrogens (tertiary/aromatic N) is 1. The molecule has 5 heteroatoms. The number of benzene rings is 2. The molecule has 0 radical (unpaired) electrons. The second-order valence-electron chi connectivity index (χ2n) is 5.96. The SMILES string of the molecule is CCCCOc1ccccc1C1C(C#N)=C(N)Oc2cc(N)ccc21. The third-order valence-corrected chi connectivity index (χ3v) is 4.23. The number of allylic oxidation sites excluding steroid dienone is 1. The van der Waals surface area contributed by atoms with Crippen LogP contribution in [-0.2, 0) is 0 Å². The molecule has 2 aromatic carbocycles. The molecular formula is C20H21N3O2. The summed E-state index contributed by atoms with van der Waals surface area (Å²) in [5, 5.41) is 9.64. The number of unbranched alkanes of at least 4 members (excludes halogenated alkanes) is 1. The number of ether oxygens (including phenoxy) is 2. The van der Waals surface area contributed by atoms with E-state index in [0.29, 0.717) is 23.6 Å². The summed E-state index contributed by atoms with van der Waals surface area (Å²) in [6.07, 6.45) is 2.02. The van der Waals surface area contributed by atoms with Gasteiger partial charge in [-0.25, -0.2) is 0 Å². The van der Waals surface area contributed by atoms with Crippen LogP contribution in [-0.4, -0.2) is 6.61 Å². The van der Waals surface area contributed by atoms with Crippen LogP contribution in [0.1, 0.15) is 36.8 Å². The van der Waals surface area contributed by atoms with Gasteiger partial charge < -0.3 is 20.9 Å². The minimum Gasteiger partial charge on any atom is -0.493 e. The molecule has 1 unspecified atom stereocenters. The van der Waals surface area contributed by atoms with Gasteiger partial charge in [-0.3, -0.25) is 0 Å². The first-order chi connectivity index (χ1) is 12.2. The number of rotatable bonds is 5. The molecule has 1 atom stereocenters. The predicted molar refractivity (Wildman–Crippen MR) is 97.0 cm³/mol. The van der Waals surface area contributed by atoms with Crippen molar-refractivity contribution in [2.24, 2.45) is 5.73 Å². The van der Waals surface area contributed by atoms with E-state index in [1.54, 1.807) is 12.1 Å². The van der Waals surface area contributed by atoms with Crippen LogP contribution in [0.25, 0.3) is 0 Å². The summed E-state index contributed by atoms with van der Waals surface area (Å²) < 4.78 is 11.6. The molecule has 0 fully saturated rings. The predicted octanol–water partition coefficient (Wildman–Crippen LogP) is 3.67. The fourth-order valence-corrected chi connectivity index (χ4v) is 2.97. The Morgan fingerprint density at radius 2 is 1.96 bits per heavy atom. The highest BCUT2D eigenvalue weighted by Gasteiger charge is 2.32. The maximum Gasteiger partial charge on any atom is 0.205 e. The molecule has 25 heavy (non-hydrogen) atoms. The molecule has 0 spiro atoms. The highest BCUT2D eigenvalue weighted by atomic mass is 16.5. The van der Waals surface area contributed by atoms with E-state index in [1.807, 2.05) is 30.3 Å². The van der Waals surface area contributed by atoms with Gasteiger partial charge in [-0.15, -0.1) is 0 Å². The fraction of sp³-hybridized carbons (Fsp3) is 0.250. The van der Waals surface area contributed by atoms with Crippen LogP contribution >= 0.6 is 0 Å². The van der Waals surface area contributed by atoms with Crippen molar-refractivity contribution >= 4 is 5.69 Å². The first-order valence-electron chi connectivity index (χ1n) is 8.34. The molecule has 2 aromatic rings. The van der Waals surface area contributed by atoms with Gasteiger partial charge in [0.05, 0.1) is 12.5 Å². The van der Waals surface area contributed by atoms with Gasteiger partial charge in [0.15, 0.2) is 0 Å². The number of para-hydroxylation sites is 1. The summed E-state index contributed by atoms with van der Waals surface area (Å²) in [6.45, 7) is 2.75. The molecule has 0 saturated heterocycles. The van der Waals surface area contributed by atoms with Crippen molar-refractivity contribution in [3.05, 3.63) is 65.0 Å². The largest absolute Gasteiger partial charge is 0.493 e. The molecule has 3 rings (SSSR count). The van der Waals surface area contributed by atoms with E-state index in [4.69, 9.17) is 20.9 Å². The number of anilines is 1. The molecule has 5 nitrogen and oxygen atoms in total. The number of hydrogen-bond donors (Lipinski definition) is 2. The molecule has 128 valence electrons. The average molecular weight is 335 g/mol.